The summed E-state index contributed by atoms with van der Waals surface area (Å²) < 4.78 is 0. The van der Waals surface area contributed by atoms with Crippen molar-refractivity contribution in [1.29, 1.82) is 0 Å². The Labute approximate surface area is 182 Å². The summed E-state index contributed by atoms with van der Waals surface area (Å²) in [4.78, 5) is 23.8. The summed E-state index contributed by atoms with van der Waals surface area (Å²) in [5, 5.41) is 13.2. The summed E-state index contributed by atoms with van der Waals surface area (Å²) in [6.45, 7) is 6.01. The number of primary amides is 1. The summed E-state index contributed by atoms with van der Waals surface area (Å²) in [7, 11) is 0. The lowest BCUT2D eigenvalue weighted by molar-refractivity contribution is -0.141. The van der Waals surface area contributed by atoms with Crippen LogP contribution in [0, 0.1) is 20.8 Å². The Morgan fingerprint density at radius 2 is 1.10 bits per heavy atom. The number of carbonyl (C=O) groups is 2. The van der Waals surface area contributed by atoms with E-state index in [1.165, 1.54) is 0 Å². The first-order valence-electron chi connectivity index (χ1n) is 10.2. The Morgan fingerprint density at radius 3 is 1.35 bits per heavy atom. The van der Waals surface area contributed by atoms with Gasteiger partial charge in [-0.2, -0.15) is 0 Å². The number of benzene rings is 3. The SMILES string of the molecule is Cc1ccc(C(NC(CC(N)=O)C(=O)O)(c2ccc(C)cc2)c2ccc(C)cc2)cc1. The minimum Gasteiger partial charge on any atom is -0.480 e. The maximum atomic E-state index is 12.1. The third-order valence-corrected chi connectivity index (χ3v) is 5.55. The first-order chi connectivity index (χ1) is 14.7. The number of amides is 1. The lowest BCUT2D eigenvalue weighted by Gasteiger charge is -2.39. The Kier molecular flexibility index (Phi) is 6.56. The van der Waals surface area contributed by atoms with Gasteiger partial charge < -0.3 is 10.8 Å². The molecule has 0 aliphatic carbocycles. The van der Waals surface area contributed by atoms with Crippen molar-refractivity contribution in [3.63, 3.8) is 0 Å². The zero-order valence-electron chi connectivity index (χ0n) is 18.1. The van der Waals surface area contributed by atoms with E-state index in [1.807, 2.05) is 93.6 Å². The molecule has 3 rings (SSSR count). The predicted molar refractivity (Wildman–Crippen MR) is 122 cm³/mol. The van der Waals surface area contributed by atoms with Crippen molar-refractivity contribution in [3.8, 4) is 0 Å². The molecule has 0 aliphatic heterocycles. The minimum absolute atomic E-state index is 0.319. The Hall–Kier alpha value is -3.44. The van der Waals surface area contributed by atoms with Gasteiger partial charge in [-0.25, -0.2) is 0 Å². The van der Waals surface area contributed by atoms with E-state index in [2.05, 4.69) is 5.32 Å². The van der Waals surface area contributed by atoms with Crippen LogP contribution in [0.1, 0.15) is 39.8 Å². The Balaban J connectivity index is 2.32. The van der Waals surface area contributed by atoms with Crippen LogP contribution in [-0.2, 0) is 15.1 Å². The first kappa shape index (κ1) is 22.2. The van der Waals surface area contributed by atoms with Gasteiger partial charge in [-0.1, -0.05) is 89.5 Å². The molecule has 4 N–H and O–H groups in total. The topological polar surface area (TPSA) is 92.4 Å². The molecule has 3 aromatic rings. The molecule has 0 heterocycles. The van der Waals surface area contributed by atoms with Gasteiger partial charge in [-0.3, -0.25) is 14.9 Å². The normalized spacial score (nSPS) is 12.4. The lowest BCUT2D eigenvalue weighted by atomic mass is 9.75. The number of carboxylic acid groups (broad SMARTS) is 1. The van der Waals surface area contributed by atoms with Crippen molar-refractivity contribution in [2.75, 3.05) is 0 Å². The summed E-state index contributed by atoms with van der Waals surface area (Å²) in [6.07, 6.45) is -0.319. The van der Waals surface area contributed by atoms with Crippen molar-refractivity contribution in [3.05, 3.63) is 106 Å². The van der Waals surface area contributed by atoms with Crippen molar-refractivity contribution in [2.45, 2.75) is 38.8 Å². The first-order valence-corrected chi connectivity index (χ1v) is 10.2. The quantitative estimate of drug-likeness (QED) is 0.487. The third-order valence-electron chi connectivity index (χ3n) is 5.55. The summed E-state index contributed by atoms with van der Waals surface area (Å²) >= 11 is 0. The Bertz CT molecular complexity index is 944. The second-order valence-corrected chi connectivity index (χ2v) is 8.05. The summed E-state index contributed by atoms with van der Waals surface area (Å²) in [5.74, 6) is -1.81. The molecule has 0 bridgehead atoms. The van der Waals surface area contributed by atoms with Crippen LogP contribution < -0.4 is 11.1 Å². The molecule has 0 aromatic heterocycles. The molecule has 1 amide bonds. The highest BCUT2D eigenvalue weighted by molar-refractivity contribution is 5.83. The van der Waals surface area contributed by atoms with E-state index < -0.39 is 23.5 Å². The number of hydrogen-bond donors (Lipinski definition) is 3. The van der Waals surface area contributed by atoms with Crippen LogP contribution in [0.15, 0.2) is 72.8 Å². The maximum absolute atomic E-state index is 12.1. The van der Waals surface area contributed by atoms with Gasteiger partial charge in [0.25, 0.3) is 0 Å². The number of carbonyl (C=O) groups excluding carboxylic acids is 1. The van der Waals surface area contributed by atoms with Crippen LogP contribution >= 0.6 is 0 Å². The van der Waals surface area contributed by atoms with E-state index in [1.54, 1.807) is 0 Å². The van der Waals surface area contributed by atoms with Crippen molar-refractivity contribution < 1.29 is 14.7 Å². The van der Waals surface area contributed by atoms with Crippen molar-refractivity contribution in [2.24, 2.45) is 5.73 Å². The fraction of sp³-hybridized carbons (Fsp3) is 0.231. The van der Waals surface area contributed by atoms with Gasteiger partial charge in [0.05, 0.1) is 12.0 Å². The molecule has 1 unspecified atom stereocenters. The van der Waals surface area contributed by atoms with Gasteiger partial charge >= 0.3 is 5.97 Å². The highest BCUT2D eigenvalue weighted by atomic mass is 16.4. The molecule has 0 spiro atoms. The molecule has 0 radical (unpaired) electrons. The minimum atomic E-state index is -1.17. The number of hydrogen-bond acceptors (Lipinski definition) is 3. The molecule has 5 heteroatoms. The molecule has 160 valence electrons. The van der Waals surface area contributed by atoms with Crippen LogP contribution in [0.4, 0.5) is 0 Å². The van der Waals surface area contributed by atoms with Gasteiger partial charge in [0.2, 0.25) is 5.91 Å². The van der Waals surface area contributed by atoms with Crippen LogP contribution in [0.25, 0.3) is 0 Å². The largest absolute Gasteiger partial charge is 0.480 e. The highest BCUT2D eigenvalue weighted by Gasteiger charge is 2.40. The number of aliphatic carboxylic acids is 1. The molecule has 0 aliphatic rings. The molecule has 0 saturated heterocycles. The number of rotatable bonds is 8. The fourth-order valence-corrected chi connectivity index (χ4v) is 3.82. The highest BCUT2D eigenvalue weighted by Crippen LogP contribution is 2.38. The zero-order chi connectivity index (χ0) is 22.6. The number of aryl methyl sites for hydroxylation is 3. The molecule has 5 nitrogen and oxygen atoms in total. The molecule has 3 aromatic carbocycles. The standard InChI is InChI=1S/C26H28N2O3/c1-17-4-10-20(11-5-17)26(21-12-6-18(2)7-13-21,22-14-8-19(3)9-15-22)28-23(25(30)31)16-24(27)29/h4-15,23,28H,16H2,1-3H3,(H2,27,29)(H,30,31). The zero-order valence-corrected chi connectivity index (χ0v) is 18.1. The number of carboxylic acids is 1. The number of nitrogens with two attached hydrogens (primary N) is 1. The number of nitrogens with one attached hydrogen (secondary N) is 1. The monoisotopic (exact) mass is 416 g/mol. The van der Waals surface area contributed by atoms with E-state index in [0.29, 0.717) is 0 Å². The average Bonchev–Trinajstić information content (AvgIpc) is 2.73. The molecule has 0 fully saturated rings. The molecule has 0 saturated carbocycles. The third kappa shape index (κ3) is 4.84. The second-order valence-electron chi connectivity index (χ2n) is 8.05. The van der Waals surface area contributed by atoms with Crippen LogP contribution in [0.3, 0.4) is 0 Å². The second kappa shape index (κ2) is 9.14. The van der Waals surface area contributed by atoms with Gasteiger partial charge in [0, 0.05) is 0 Å². The fourth-order valence-electron chi connectivity index (χ4n) is 3.82. The summed E-state index contributed by atoms with van der Waals surface area (Å²) in [5.41, 5.74) is 10.3. The van der Waals surface area contributed by atoms with E-state index in [9.17, 15) is 14.7 Å². The van der Waals surface area contributed by atoms with Gasteiger partial charge in [0.1, 0.15) is 6.04 Å². The van der Waals surface area contributed by atoms with E-state index in [0.717, 1.165) is 33.4 Å². The van der Waals surface area contributed by atoms with Gasteiger partial charge in [-0.15, -0.1) is 0 Å². The van der Waals surface area contributed by atoms with Gasteiger partial charge in [-0.05, 0) is 37.5 Å². The van der Waals surface area contributed by atoms with Crippen molar-refractivity contribution in [1.82, 2.24) is 5.32 Å². The molecular weight excluding hydrogens is 388 g/mol. The van der Waals surface area contributed by atoms with E-state index >= 15 is 0 Å². The van der Waals surface area contributed by atoms with Crippen LogP contribution in [-0.4, -0.2) is 23.0 Å². The van der Waals surface area contributed by atoms with Crippen molar-refractivity contribution >= 4 is 11.9 Å². The molecule has 1 atom stereocenters. The van der Waals surface area contributed by atoms with E-state index in [4.69, 9.17) is 5.73 Å². The molecular formula is C26H28N2O3. The van der Waals surface area contributed by atoms with Crippen LogP contribution in [0.5, 0.6) is 0 Å². The predicted octanol–water partition coefficient (Wildman–Crippen LogP) is 3.82. The molecule has 31 heavy (non-hydrogen) atoms. The summed E-state index contributed by atoms with van der Waals surface area (Å²) in [6, 6.07) is 22.8. The van der Waals surface area contributed by atoms with Gasteiger partial charge in [0.15, 0.2) is 0 Å². The average molecular weight is 417 g/mol. The van der Waals surface area contributed by atoms with Crippen LogP contribution in [0.2, 0.25) is 0 Å². The maximum Gasteiger partial charge on any atom is 0.321 e. The lowest BCUT2D eigenvalue weighted by Crippen LogP contribution is -2.53. The van der Waals surface area contributed by atoms with E-state index in [-0.39, 0.29) is 6.42 Å². The Morgan fingerprint density at radius 1 is 0.774 bits per heavy atom. The smallest absolute Gasteiger partial charge is 0.321 e.